The summed E-state index contributed by atoms with van der Waals surface area (Å²) in [7, 11) is 0. The number of nitrogens with two attached hydrogens (primary N) is 1. The molecule has 1 aliphatic rings. The largest absolute Gasteiger partial charge is 0.365 e. The van der Waals surface area contributed by atoms with Crippen molar-refractivity contribution in [1.29, 1.82) is 0 Å². The third-order valence-electron chi connectivity index (χ3n) is 4.58. The van der Waals surface area contributed by atoms with Gasteiger partial charge in [-0.3, -0.25) is 10.1 Å². The minimum Gasteiger partial charge on any atom is -0.365 e. The average molecular weight is 379 g/mol. The van der Waals surface area contributed by atoms with Crippen LogP contribution in [0, 0.1) is 16.0 Å². The molecule has 122 valence electrons. The monoisotopic (exact) mass is 378 g/mol. The molecule has 2 aromatic rings. The SMILES string of the molecule is CC(N)C1CCN(c2c([N+](=O)[O-])cnc3ccc(Br)cc23)CC1. The van der Waals surface area contributed by atoms with Gasteiger partial charge in [0.1, 0.15) is 11.9 Å². The van der Waals surface area contributed by atoms with E-state index in [-0.39, 0.29) is 16.7 Å². The fraction of sp³-hybridized carbons (Fsp3) is 0.438. The topological polar surface area (TPSA) is 85.3 Å². The van der Waals surface area contributed by atoms with Crippen molar-refractivity contribution in [2.45, 2.75) is 25.8 Å². The lowest BCUT2D eigenvalue weighted by Crippen LogP contribution is -2.40. The number of aromatic nitrogens is 1. The highest BCUT2D eigenvalue weighted by Gasteiger charge is 2.28. The molecule has 1 saturated heterocycles. The Labute approximate surface area is 143 Å². The predicted molar refractivity (Wildman–Crippen MR) is 94.7 cm³/mol. The molecule has 2 heterocycles. The van der Waals surface area contributed by atoms with Crippen LogP contribution >= 0.6 is 15.9 Å². The van der Waals surface area contributed by atoms with Crippen molar-refractivity contribution in [3.05, 3.63) is 39.0 Å². The van der Waals surface area contributed by atoms with Crippen LogP contribution in [0.2, 0.25) is 0 Å². The first-order chi connectivity index (χ1) is 11.0. The highest BCUT2D eigenvalue weighted by Crippen LogP contribution is 2.38. The number of piperidine rings is 1. The minimum atomic E-state index is -0.347. The number of benzene rings is 1. The van der Waals surface area contributed by atoms with Gasteiger partial charge in [0.15, 0.2) is 0 Å². The number of anilines is 1. The molecular formula is C16H19BrN4O2. The van der Waals surface area contributed by atoms with Gasteiger partial charge in [-0.15, -0.1) is 0 Å². The molecule has 7 heteroatoms. The number of nitrogens with zero attached hydrogens (tertiary/aromatic N) is 3. The summed E-state index contributed by atoms with van der Waals surface area (Å²) >= 11 is 3.45. The highest BCUT2D eigenvalue weighted by atomic mass is 79.9. The zero-order valence-corrected chi connectivity index (χ0v) is 14.5. The Bertz CT molecular complexity index is 742. The molecule has 0 radical (unpaired) electrons. The van der Waals surface area contributed by atoms with Gasteiger partial charge in [-0.1, -0.05) is 15.9 Å². The molecule has 0 amide bonds. The summed E-state index contributed by atoms with van der Waals surface area (Å²) < 4.78 is 0.888. The van der Waals surface area contributed by atoms with E-state index in [1.807, 2.05) is 25.1 Å². The maximum Gasteiger partial charge on any atom is 0.311 e. The van der Waals surface area contributed by atoms with Gasteiger partial charge in [-0.25, -0.2) is 4.98 Å². The number of pyridine rings is 1. The first kappa shape index (κ1) is 16.1. The van der Waals surface area contributed by atoms with Crippen molar-refractivity contribution in [2.75, 3.05) is 18.0 Å². The Morgan fingerprint density at radius 3 is 2.74 bits per heavy atom. The average Bonchev–Trinajstić information content (AvgIpc) is 2.53. The summed E-state index contributed by atoms with van der Waals surface area (Å²) in [5, 5.41) is 12.3. The number of hydrogen-bond donors (Lipinski definition) is 1. The summed E-state index contributed by atoms with van der Waals surface area (Å²) in [4.78, 5) is 17.5. The number of nitro groups is 1. The minimum absolute atomic E-state index is 0.0647. The number of halogens is 1. The van der Waals surface area contributed by atoms with Crippen molar-refractivity contribution < 1.29 is 4.92 Å². The lowest BCUT2D eigenvalue weighted by molar-refractivity contribution is -0.384. The van der Waals surface area contributed by atoms with Crippen LogP contribution in [0.3, 0.4) is 0 Å². The van der Waals surface area contributed by atoms with Crippen LogP contribution in [0.15, 0.2) is 28.9 Å². The van der Waals surface area contributed by atoms with Crippen LogP contribution in [0.5, 0.6) is 0 Å². The van der Waals surface area contributed by atoms with E-state index in [1.54, 1.807) is 0 Å². The maximum atomic E-state index is 11.5. The third-order valence-corrected chi connectivity index (χ3v) is 5.07. The van der Waals surface area contributed by atoms with Gasteiger partial charge in [0, 0.05) is 29.0 Å². The van der Waals surface area contributed by atoms with Crippen LogP contribution in [-0.4, -0.2) is 29.0 Å². The molecule has 0 spiro atoms. The van der Waals surface area contributed by atoms with Crippen molar-refractivity contribution in [1.82, 2.24) is 4.98 Å². The first-order valence-corrected chi connectivity index (χ1v) is 8.50. The van der Waals surface area contributed by atoms with Gasteiger partial charge in [0.05, 0.1) is 10.4 Å². The van der Waals surface area contributed by atoms with E-state index >= 15 is 0 Å². The van der Waals surface area contributed by atoms with E-state index in [4.69, 9.17) is 5.73 Å². The van der Waals surface area contributed by atoms with E-state index in [0.717, 1.165) is 41.3 Å². The molecular weight excluding hydrogens is 360 g/mol. The second-order valence-corrected chi connectivity index (χ2v) is 7.01. The molecule has 1 atom stereocenters. The second-order valence-electron chi connectivity index (χ2n) is 6.09. The van der Waals surface area contributed by atoms with E-state index in [1.165, 1.54) is 6.20 Å². The molecule has 1 aromatic heterocycles. The van der Waals surface area contributed by atoms with E-state index in [2.05, 4.69) is 25.8 Å². The fourth-order valence-corrected chi connectivity index (χ4v) is 3.62. The summed E-state index contributed by atoms with van der Waals surface area (Å²) in [6.07, 6.45) is 3.27. The molecule has 1 aromatic carbocycles. The van der Waals surface area contributed by atoms with Gasteiger partial charge >= 0.3 is 5.69 Å². The Kier molecular flexibility index (Phi) is 4.50. The van der Waals surface area contributed by atoms with Gasteiger partial charge in [0.2, 0.25) is 0 Å². The van der Waals surface area contributed by atoms with Crippen molar-refractivity contribution in [2.24, 2.45) is 11.7 Å². The highest BCUT2D eigenvalue weighted by molar-refractivity contribution is 9.10. The first-order valence-electron chi connectivity index (χ1n) is 7.70. The van der Waals surface area contributed by atoms with E-state index in [9.17, 15) is 10.1 Å². The summed E-state index contributed by atoms with van der Waals surface area (Å²) in [6, 6.07) is 5.84. The van der Waals surface area contributed by atoms with Gasteiger partial charge in [-0.05, 0) is 43.9 Å². The number of hydrogen-bond acceptors (Lipinski definition) is 5. The normalized spacial score (nSPS) is 17.4. The summed E-state index contributed by atoms with van der Waals surface area (Å²) in [5.74, 6) is 0.477. The van der Waals surface area contributed by atoms with E-state index < -0.39 is 0 Å². The molecule has 1 aliphatic heterocycles. The quantitative estimate of drug-likeness (QED) is 0.652. The molecule has 3 rings (SSSR count). The zero-order chi connectivity index (χ0) is 16.6. The third kappa shape index (κ3) is 3.16. The molecule has 0 bridgehead atoms. The van der Waals surface area contributed by atoms with Crippen molar-refractivity contribution in [3.8, 4) is 0 Å². The molecule has 1 fully saturated rings. The van der Waals surface area contributed by atoms with E-state index in [0.29, 0.717) is 11.6 Å². The Morgan fingerprint density at radius 2 is 2.13 bits per heavy atom. The van der Waals surface area contributed by atoms with Crippen LogP contribution in [0.25, 0.3) is 10.9 Å². The predicted octanol–water partition coefficient (Wildman–Crippen LogP) is 3.47. The Morgan fingerprint density at radius 1 is 1.43 bits per heavy atom. The molecule has 6 nitrogen and oxygen atoms in total. The lowest BCUT2D eigenvalue weighted by Gasteiger charge is -2.35. The van der Waals surface area contributed by atoms with Gasteiger partial charge in [0.25, 0.3) is 0 Å². The summed E-state index contributed by atoms with van der Waals surface area (Å²) in [6.45, 7) is 3.58. The Balaban J connectivity index is 2.06. The number of fused-ring (bicyclic) bond motifs is 1. The number of rotatable bonds is 3. The lowest BCUT2D eigenvalue weighted by atomic mass is 9.90. The molecule has 23 heavy (non-hydrogen) atoms. The zero-order valence-electron chi connectivity index (χ0n) is 12.9. The second kappa shape index (κ2) is 6.41. The smallest absolute Gasteiger partial charge is 0.311 e. The van der Waals surface area contributed by atoms with Gasteiger partial charge in [-0.2, -0.15) is 0 Å². The molecule has 2 N–H and O–H groups in total. The fourth-order valence-electron chi connectivity index (χ4n) is 3.26. The maximum absolute atomic E-state index is 11.5. The van der Waals surface area contributed by atoms with Crippen LogP contribution < -0.4 is 10.6 Å². The molecule has 0 aliphatic carbocycles. The summed E-state index contributed by atoms with van der Waals surface area (Å²) in [5.41, 5.74) is 7.50. The van der Waals surface area contributed by atoms with Crippen LogP contribution in [-0.2, 0) is 0 Å². The molecule has 1 unspecified atom stereocenters. The van der Waals surface area contributed by atoms with Crippen molar-refractivity contribution >= 4 is 38.2 Å². The van der Waals surface area contributed by atoms with Crippen LogP contribution in [0.4, 0.5) is 11.4 Å². The standard InChI is InChI=1S/C16H19BrN4O2/c1-10(18)11-4-6-20(7-5-11)16-13-8-12(17)2-3-14(13)19-9-15(16)21(22)23/h2-3,8-11H,4-7,18H2,1H3. The van der Waals surface area contributed by atoms with Crippen molar-refractivity contribution in [3.63, 3.8) is 0 Å². The molecule has 0 saturated carbocycles. The Hall–Kier alpha value is -1.73. The van der Waals surface area contributed by atoms with Crippen LogP contribution in [0.1, 0.15) is 19.8 Å². The van der Waals surface area contributed by atoms with Gasteiger partial charge < -0.3 is 10.6 Å².